The van der Waals surface area contributed by atoms with E-state index < -0.39 is 0 Å². The Balaban J connectivity index is 1.61. The summed E-state index contributed by atoms with van der Waals surface area (Å²) in [5.74, 6) is 1.53. The van der Waals surface area contributed by atoms with Crippen LogP contribution in [0.25, 0.3) is 0 Å². The van der Waals surface area contributed by atoms with Gasteiger partial charge < -0.3 is 14.8 Å². The van der Waals surface area contributed by atoms with Gasteiger partial charge in [0.05, 0.1) is 19.6 Å². The second kappa shape index (κ2) is 7.14. The number of amides is 1. The van der Waals surface area contributed by atoms with Crippen molar-refractivity contribution >= 4 is 5.91 Å². The number of aryl methyl sites for hydroxylation is 1. The predicted octanol–water partition coefficient (Wildman–Crippen LogP) is 2.66. The third-order valence-electron chi connectivity index (χ3n) is 4.84. The van der Waals surface area contributed by atoms with Crippen molar-refractivity contribution in [2.75, 3.05) is 26.9 Å². The number of fused-ring (bicyclic) bond motifs is 1. The fraction of sp³-hybridized carbons (Fsp3) is 0.611. The van der Waals surface area contributed by atoms with Gasteiger partial charge in [-0.1, -0.05) is 6.07 Å². The van der Waals surface area contributed by atoms with E-state index in [1.165, 1.54) is 17.5 Å². The minimum Gasteiger partial charge on any atom is -0.497 e. The van der Waals surface area contributed by atoms with Gasteiger partial charge in [0.25, 0.3) is 0 Å². The Bertz CT molecular complexity index is 523. The second-order valence-corrected chi connectivity index (χ2v) is 6.31. The Labute approximate surface area is 132 Å². The highest BCUT2D eigenvalue weighted by molar-refractivity contribution is 5.78. The van der Waals surface area contributed by atoms with Crippen molar-refractivity contribution in [1.82, 2.24) is 5.32 Å². The zero-order valence-electron chi connectivity index (χ0n) is 13.3. The molecule has 2 atom stereocenters. The summed E-state index contributed by atoms with van der Waals surface area (Å²) in [6.45, 7) is 2.10. The number of rotatable bonds is 4. The molecule has 22 heavy (non-hydrogen) atoms. The minimum absolute atomic E-state index is 0.0349. The first-order valence-corrected chi connectivity index (χ1v) is 8.30. The number of ether oxygens (including phenoxy) is 2. The molecule has 1 aromatic rings. The summed E-state index contributed by atoms with van der Waals surface area (Å²) in [5.41, 5.74) is 2.73. The van der Waals surface area contributed by atoms with Crippen molar-refractivity contribution < 1.29 is 14.3 Å². The monoisotopic (exact) mass is 303 g/mol. The number of hydrogen-bond acceptors (Lipinski definition) is 3. The third-order valence-corrected chi connectivity index (χ3v) is 4.84. The van der Waals surface area contributed by atoms with E-state index in [0.717, 1.165) is 44.6 Å². The standard InChI is InChI=1S/C18H25NO3/c1-21-16-7-8-17-13(10-16)4-2-5-14(17)11-19-18(20)15-6-3-9-22-12-15/h7-8,10,14-15H,2-6,9,11-12H2,1H3,(H,19,20)/t14-,15+/m0/s1. The van der Waals surface area contributed by atoms with Crippen molar-refractivity contribution in [3.8, 4) is 5.75 Å². The fourth-order valence-corrected chi connectivity index (χ4v) is 3.55. The van der Waals surface area contributed by atoms with Gasteiger partial charge in [-0.15, -0.1) is 0 Å². The number of methoxy groups -OCH3 is 1. The van der Waals surface area contributed by atoms with Crippen LogP contribution in [0.2, 0.25) is 0 Å². The first-order valence-electron chi connectivity index (χ1n) is 8.30. The number of nitrogens with one attached hydrogen (secondary N) is 1. The highest BCUT2D eigenvalue weighted by Gasteiger charge is 2.25. The topological polar surface area (TPSA) is 47.6 Å². The summed E-state index contributed by atoms with van der Waals surface area (Å²) < 4.78 is 10.7. The van der Waals surface area contributed by atoms with Gasteiger partial charge >= 0.3 is 0 Å². The molecule has 1 aliphatic carbocycles. The van der Waals surface area contributed by atoms with Crippen LogP contribution in [0, 0.1) is 5.92 Å². The average Bonchev–Trinajstić information content (AvgIpc) is 2.59. The van der Waals surface area contributed by atoms with E-state index in [9.17, 15) is 4.79 Å². The molecule has 1 fully saturated rings. The summed E-state index contributed by atoms with van der Waals surface area (Å²) in [7, 11) is 1.70. The largest absolute Gasteiger partial charge is 0.497 e. The van der Waals surface area contributed by atoms with Crippen molar-refractivity contribution in [2.45, 2.75) is 38.0 Å². The molecule has 2 aliphatic rings. The van der Waals surface area contributed by atoms with Crippen LogP contribution in [-0.4, -0.2) is 32.8 Å². The zero-order valence-corrected chi connectivity index (χ0v) is 13.3. The van der Waals surface area contributed by atoms with E-state index in [4.69, 9.17) is 9.47 Å². The fourth-order valence-electron chi connectivity index (χ4n) is 3.55. The Kier molecular flexibility index (Phi) is 4.98. The Morgan fingerprint density at radius 2 is 2.27 bits per heavy atom. The highest BCUT2D eigenvalue weighted by atomic mass is 16.5. The molecule has 0 spiro atoms. The lowest BCUT2D eigenvalue weighted by Crippen LogP contribution is -2.38. The smallest absolute Gasteiger partial charge is 0.225 e. The Morgan fingerprint density at radius 3 is 3.05 bits per heavy atom. The number of benzene rings is 1. The van der Waals surface area contributed by atoms with Crippen LogP contribution in [0.3, 0.4) is 0 Å². The van der Waals surface area contributed by atoms with Crippen LogP contribution < -0.4 is 10.1 Å². The SMILES string of the molecule is COc1ccc2c(c1)CCC[C@H]2CNC(=O)[C@@H]1CCCOC1. The molecule has 0 radical (unpaired) electrons. The van der Waals surface area contributed by atoms with Gasteiger partial charge in [0.15, 0.2) is 0 Å². The predicted molar refractivity (Wildman–Crippen MR) is 85.2 cm³/mol. The van der Waals surface area contributed by atoms with E-state index in [0.29, 0.717) is 12.5 Å². The van der Waals surface area contributed by atoms with Gasteiger partial charge in [-0.25, -0.2) is 0 Å². The minimum atomic E-state index is 0.0349. The maximum Gasteiger partial charge on any atom is 0.225 e. The van der Waals surface area contributed by atoms with Crippen molar-refractivity contribution in [2.24, 2.45) is 5.92 Å². The molecule has 0 bridgehead atoms. The molecule has 1 amide bonds. The lowest BCUT2D eigenvalue weighted by atomic mass is 9.82. The van der Waals surface area contributed by atoms with Crippen LogP contribution in [0.15, 0.2) is 18.2 Å². The number of carbonyl (C=O) groups excluding carboxylic acids is 1. The lowest BCUT2D eigenvalue weighted by molar-refractivity contribution is -0.129. The maximum atomic E-state index is 12.2. The van der Waals surface area contributed by atoms with Crippen LogP contribution in [0.1, 0.15) is 42.7 Å². The van der Waals surface area contributed by atoms with E-state index >= 15 is 0 Å². The summed E-state index contributed by atoms with van der Waals surface area (Å²) in [4.78, 5) is 12.2. The maximum absolute atomic E-state index is 12.2. The van der Waals surface area contributed by atoms with Gasteiger partial charge in [-0.05, 0) is 55.4 Å². The van der Waals surface area contributed by atoms with Gasteiger partial charge in [-0.2, -0.15) is 0 Å². The molecular weight excluding hydrogens is 278 g/mol. The van der Waals surface area contributed by atoms with Gasteiger partial charge in [0.1, 0.15) is 5.75 Å². The molecule has 4 nitrogen and oxygen atoms in total. The summed E-state index contributed by atoms with van der Waals surface area (Å²) >= 11 is 0. The second-order valence-electron chi connectivity index (χ2n) is 6.31. The van der Waals surface area contributed by atoms with E-state index in [1.54, 1.807) is 7.11 Å². The van der Waals surface area contributed by atoms with Crippen LogP contribution >= 0.6 is 0 Å². The molecule has 1 saturated heterocycles. The first-order chi connectivity index (χ1) is 10.8. The van der Waals surface area contributed by atoms with Crippen molar-refractivity contribution in [3.05, 3.63) is 29.3 Å². The third kappa shape index (κ3) is 3.43. The Morgan fingerprint density at radius 1 is 1.36 bits per heavy atom. The molecule has 0 saturated carbocycles. The zero-order chi connectivity index (χ0) is 15.4. The first kappa shape index (κ1) is 15.3. The van der Waals surface area contributed by atoms with Crippen molar-refractivity contribution in [3.63, 3.8) is 0 Å². The highest BCUT2D eigenvalue weighted by Crippen LogP contribution is 2.33. The summed E-state index contributed by atoms with van der Waals surface area (Å²) in [5, 5.41) is 3.14. The molecule has 0 unspecified atom stereocenters. The number of carbonyl (C=O) groups is 1. The number of hydrogen-bond donors (Lipinski definition) is 1. The van der Waals surface area contributed by atoms with Gasteiger partial charge in [-0.3, -0.25) is 4.79 Å². The quantitative estimate of drug-likeness (QED) is 0.930. The van der Waals surface area contributed by atoms with Crippen molar-refractivity contribution in [1.29, 1.82) is 0 Å². The molecule has 1 aromatic carbocycles. The summed E-state index contributed by atoms with van der Waals surface area (Å²) in [6.07, 6.45) is 5.36. The van der Waals surface area contributed by atoms with Gasteiger partial charge in [0, 0.05) is 19.1 Å². The average molecular weight is 303 g/mol. The van der Waals surface area contributed by atoms with Crippen LogP contribution in [0.5, 0.6) is 5.75 Å². The molecular formula is C18H25NO3. The molecule has 3 rings (SSSR count). The van der Waals surface area contributed by atoms with E-state index in [2.05, 4.69) is 17.4 Å². The van der Waals surface area contributed by atoms with Gasteiger partial charge in [0.2, 0.25) is 5.91 Å². The van der Waals surface area contributed by atoms with Crippen LogP contribution in [0.4, 0.5) is 0 Å². The van der Waals surface area contributed by atoms with E-state index in [-0.39, 0.29) is 11.8 Å². The van der Waals surface area contributed by atoms with Crippen LogP contribution in [-0.2, 0) is 16.0 Å². The molecule has 120 valence electrons. The Hall–Kier alpha value is -1.55. The molecule has 0 aromatic heterocycles. The molecule has 1 aliphatic heterocycles. The molecule has 1 heterocycles. The normalized spacial score (nSPS) is 24.4. The summed E-state index contributed by atoms with van der Waals surface area (Å²) in [6, 6.07) is 6.32. The lowest BCUT2D eigenvalue weighted by Gasteiger charge is -2.27. The molecule has 4 heteroatoms. The molecule has 1 N–H and O–H groups in total. The van der Waals surface area contributed by atoms with E-state index in [1.807, 2.05) is 6.07 Å².